The van der Waals surface area contributed by atoms with Crippen molar-refractivity contribution in [2.24, 2.45) is 0 Å². The number of carbonyl (C=O) groups excluding carboxylic acids is 1. The Morgan fingerprint density at radius 2 is 1.77 bits per heavy atom. The maximum absolute atomic E-state index is 12.7. The number of carbonyl (C=O) groups is 1. The third-order valence-electron chi connectivity index (χ3n) is 3.34. The van der Waals surface area contributed by atoms with E-state index in [2.05, 4.69) is 5.32 Å². The molecular formula is C17H16F3NO. The first-order valence-corrected chi connectivity index (χ1v) is 6.82. The lowest BCUT2D eigenvalue weighted by atomic mass is 10.0. The second kappa shape index (κ2) is 6.22. The Morgan fingerprint density at radius 1 is 1.09 bits per heavy atom. The molecule has 0 saturated carbocycles. The minimum Gasteiger partial charge on any atom is -0.346 e. The molecule has 2 aromatic carbocycles. The van der Waals surface area contributed by atoms with Crippen LogP contribution in [0.5, 0.6) is 0 Å². The van der Waals surface area contributed by atoms with Gasteiger partial charge in [-0.05, 0) is 43.7 Å². The van der Waals surface area contributed by atoms with E-state index in [0.29, 0.717) is 11.1 Å². The highest BCUT2D eigenvalue weighted by Gasteiger charge is 2.30. The Bertz CT molecular complexity index is 680. The lowest BCUT2D eigenvalue weighted by Crippen LogP contribution is -2.26. The van der Waals surface area contributed by atoms with Gasteiger partial charge in [-0.1, -0.05) is 29.8 Å². The summed E-state index contributed by atoms with van der Waals surface area (Å²) >= 11 is 0. The van der Waals surface area contributed by atoms with Crippen molar-refractivity contribution in [2.45, 2.75) is 26.1 Å². The smallest absolute Gasteiger partial charge is 0.346 e. The zero-order valence-electron chi connectivity index (χ0n) is 12.2. The van der Waals surface area contributed by atoms with Crippen molar-refractivity contribution >= 4 is 5.91 Å². The van der Waals surface area contributed by atoms with E-state index in [1.807, 2.05) is 13.0 Å². The van der Waals surface area contributed by atoms with Crippen LogP contribution in [0.3, 0.4) is 0 Å². The standard InChI is InChI=1S/C17H16F3NO/c1-11-5-3-7-14(9-11)16(22)21-12(2)13-6-4-8-15(10-13)17(18,19)20/h3-10,12H,1-2H3,(H,21,22). The van der Waals surface area contributed by atoms with E-state index in [-0.39, 0.29) is 5.91 Å². The Hall–Kier alpha value is -2.30. The number of aryl methyl sites for hydroxylation is 1. The molecule has 2 rings (SSSR count). The lowest BCUT2D eigenvalue weighted by molar-refractivity contribution is -0.137. The fourth-order valence-electron chi connectivity index (χ4n) is 2.13. The average molecular weight is 307 g/mol. The molecule has 0 aliphatic rings. The fraction of sp³-hybridized carbons (Fsp3) is 0.235. The van der Waals surface area contributed by atoms with Crippen LogP contribution in [0.15, 0.2) is 48.5 Å². The van der Waals surface area contributed by atoms with Crippen LogP contribution in [0.1, 0.15) is 40.0 Å². The minimum atomic E-state index is -4.39. The molecule has 1 unspecified atom stereocenters. The van der Waals surface area contributed by atoms with E-state index < -0.39 is 17.8 Å². The van der Waals surface area contributed by atoms with Crippen LogP contribution in [0, 0.1) is 6.92 Å². The first-order chi connectivity index (χ1) is 10.3. The molecule has 0 aliphatic carbocycles. The third kappa shape index (κ3) is 3.87. The molecule has 1 atom stereocenters. The van der Waals surface area contributed by atoms with Crippen molar-refractivity contribution in [3.63, 3.8) is 0 Å². The molecule has 0 aromatic heterocycles. The van der Waals surface area contributed by atoms with Crippen molar-refractivity contribution in [3.05, 3.63) is 70.8 Å². The summed E-state index contributed by atoms with van der Waals surface area (Å²) in [6, 6.07) is 11.5. The van der Waals surface area contributed by atoms with E-state index in [4.69, 9.17) is 0 Å². The summed E-state index contributed by atoms with van der Waals surface area (Å²) in [6.45, 7) is 3.52. The van der Waals surface area contributed by atoms with E-state index in [1.54, 1.807) is 31.2 Å². The molecule has 0 radical (unpaired) electrons. The summed E-state index contributed by atoms with van der Waals surface area (Å²) in [5.74, 6) is -0.311. The van der Waals surface area contributed by atoms with Crippen LogP contribution in [-0.2, 0) is 6.18 Å². The highest BCUT2D eigenvalue weighted by Crippen LogP contribution is 2.30. The molecule has 2 aromatic rings. The van der Waals surface area contributed by atoms with Crippen LogP contribution in [0.4, 0.5) is 13.2 Å². The normalized spacial score (nSPS) is 12.8. The van der Waals surface area contributed by atoms with Gasteiger partial charge < -0.3 is 5.32 Å². The summed E-state index contributed by atoms with van der Waals surface area (Å²) < 4.78 is 38.1. The van der Waals surface area contributed by atoms with Crippen molar-refractivity contribution in [1.29, 1.82) is 0 Å². The topological polar surface area (TPSA) is 29.1 Å². The highest BCUT2D eigenvalue weighted by atomic mass is 19.4. The van der Waals surface area contributed by atoms with Gasteiger partial charge in [-0.3, -0.25) is 4.79 Å². The van der Waals surface area contributed by atoms with E-state index in [0.717, 1.165) is 17.7 Å². The largest absolute Gasteiger partial charge is 0.416 e. The number of halogens is 3. The number of benzene rings is 2. The van der Waals surface area contributed by atoms with Gasteiger partial charge in [0.15, 0.2) is 0 Å². The van der Waals surface area contributed by atoms with Gasteiger partial charge in [0.2, 0.25) is 0 Å². The van der Waals surface area contributed by atoms with Crippen LogP contribution in [-0.4, -0.2) is 5.91 Å². The molecule has 1 amide bonds. The fourth-order valence-corrected chi connectivity index (χ4v) is 2.13. The predicted octanol–water partition coefficient (Wildman–Crippen LogP) is 4.50. The lowest BCUT2D eigenvalue weighted by Gasteiger charge is -2.16. The zero-order chi connectivity index (χ0) is 16.3. The molecule has 0 bridgehead atoms. The molecule has 2 nitrogen and oxygen atoms in total. The van der Waals surface area contributed by atoms with Crippen LogP contribution < -0.4 is 5.32 Å². The number of hydrogen-bond donors (Lipinski definition) is 1. The molecule has 1 N–H and O–H groups in total. The van der Waals surface area contributed by atoms with Crippen LogP contribution >= 0.6 is 0 Å². The van der Waals surface area contributed by atoms with Gasteiger partial charge in [0, 0.05) is 5.56 Å². The Labute approximate surface area is 127 Å². The first kappa shape index (κ1) is 16.1. The number of alkyl halides is 3. The zero-order valence-corrected chi connectivity index (χ0v) is 12.2. The molecule has 0 heterocycles. The van der Waals surface area contributed by atoms with Crippen molar-refractivity contribution in [3.8, 4) is 0 Å². The third-order valence-corrected chi connectivity index (χ3v) is 3.34. The maximum Gasteiger partial charge on any atom is 0.416 e. The SMILES string of the molecule is Cc1cccc(C(=O)NC(C)c2cccc(C(F)(F)F)c2)c1. The van der Waals surface area contributed by atoms with Gasteiger partial charge in [-0.2, -0.15) is 13.2 Å². The molecule has 116 valence electrons. The summed E-state index contributed by atoms with van der Waals surface area (Å²) in [5, 5.41) is 2.71. The average Bonchev–Trinajstić information content (AvgIpc) is 2.46. The van der Waals surface area contributed by atoms with Crippen LogP contribution in [0.25, 0.3) is 0 Å². The van der Waals surface area contributed by atoms with E-state index in [1.165, 1.54) is 6.07 Å². The van der Waals surface area contributed by atoms with Crippen molar-refractivity contribution in [1.82, 2.24) is 5.32 Å². The van der Waals surface area contributed by atoms with Gasteiger partial charge >= 0.3 is 6.18 Å². The molecule has 0 aliphatic heterocycles. The second-order valence-corrected chi connectivity index (χ2v) is 5.19. The predicted molar refractivity (Wildman–Crippen MR) is 78.5 cm³/mol. The van der Waals surface area contributed by atoms with Crippen molar-refractivity contribution in [2.75, 3.05) is 0 Å². The summed E-state index contributed by atoms with van der Waals surface area (Å²) in [7, 11) is 0. The minimum absolute atomic E-state index is 0.311. The van der Waals surface area contributed by atoms with E-state index in [9.17, 15) is 18.0 Å². The highest BCUT2D eigenvalue weighted by molar-refractivity contribution is 5.94. The van der Waals surface area contributed by atoms with Gasteiger partial charge in [0.05, 0.1) is 11.6 Å². The van der Waals surface area contributed by atoms with Gasteiger partial charge in [0.25, 0.3) is 5.91 Å². The summed E-state index contributed by atoms with van der Waals surface area (Å²) in [5.41, 5.74) is 1.12. The number of nitrogens with one attached hydrogen (secondary N) is 1. The van der Waals surface area contributed by atoms with Gasteiger partial charge in [-0.15, -0.1) is 0 Å². The van der Waals surface area contributed by atoms with E-state index >= 15 is 0 Å². The van der Waals surface area contributed by atoms with Crippen molar-refractivity contribution < 1.29 is 18.0 Å². The number of hydrogen-bond acceptors (Lipinski definition) is 1. The first-order valence-electron chi connectivity index (χ1n) is 6.82. The molecule has 0 saturated heterocycles. The summed E-state index contributed by atoms with van der Waals surface area (Å²) in [4.78, 5) is 12.1. The van der Waals surface area contributed by atoms with Gasteiger partial charge in [-0.25, -0.2) is 0 Å². The molecule has 22 heavy (non-hydrogen) atoms. The molecular weight excluding hydrogens is 291 g/mol. The second-order valence-electron chi connectivity index (χ2n) is 5.19. The Morgan fingerprint density at radius 3 is 2.41 bits per heavy atom. The Kier molecular flexibility index (Phi) is 4.54. The monoisotopic (exact) mass is 307 g/mol. The Balaban J connectivity index is 2.15. The molecule has 5 heteroatoms. The maximum atomic E-state index is 12.7. The molecule has 0 fully saturated rings. The number of rotatable bonds is 3. The summed E-state index contributed by atoms with van der Waals surface area (Å²) in [6.07, 6.45) is -4.39. The van der Waals surface area contributed by atoms with Gasteiger partial charge in [0.1, 0.15) is 0 Å². The van der Waals surface area contributed by atoms with Crippen LogP contribution in [0.2, 0.25) is 0 Å². The quantitative estimate of drug-likeness (QED) is 0.888. The molecule has 0 spiro atoms. The number of amides is 1.